The number of carboxylic acid groups (broad SMARTS) is 1. The first-order chi connectivity index (χ1) is 18.8. The van der Waals surface area contributed by atoms with Crippen LogP contribution in [-0.4, -0.2) is 33.8 Å². The van der Waals surface area contributed by atoms with E-state index in [0.717, 1.165) is 22.4 Å². The number of rotatable bonds is 8. The molecule has 0 aromatic heterocycles. The molecule has 0 saturated carbocycles. The summed E-state index contributed by atoms with van der Waals surface area (Å²) in [6.07, 6.45) is 0. The van der Waals surface area contributed by atoms with Gasteiger partial charge in [-0.15, -0.1) is 0 Å². The number of benzene rings is 4. The SMILES string of the molecule is CC(C)C(C(=O)O)N1Cc2ccc(-c3ccc(NC(=O)c4ccc(Oc5ccccc5)cc4)cc3)cc2C1=O. The van der Waals surface area contributed by atoms with Crippen molar-refractivity contribution in [3.63, 3.8) is 0 Å². The van der Waals surface area contributed by atoms with Gasteiger partial charge in [0.1, 0.15) is 17.5 Å². The van der Waals surface area contributed by atoms with Crippen LogP contribution < -0.4 is 10.1 Å². The number of nitrogens with one attached hydrogen (secondary N) is 1. The number of carboxylic acids is 1. The second kappa shape index (κ2) is 10.8. The molecule has 2 amide bonds. The van der Waals surface area contributed by atoms with E-state index in [2.05, 4.69) is 5.32 Å². The van der Waals surface area contributed by atoms with Crippen molar-refractivity contribution in [2.45, 2.75) is 26.4 Å². The Kier molecular flexibility index (Phi) is 7.14. The van der Waals surface area contributed by atoms with Gasteiger partial charge in [0.05, 0.1) is 0 Å². The van der Waals surface area contributed by atoms with E-state index in [-0.39, 0.29) is 24.3 Å². The van der Waals surface area contributed by atoms with Gasteiger partial charge in [-0.05, 0) is 77.2 Å². The van der Waals surface area contributed by atoms with Crippen LogP contribution in [0.1, 0.15) is 40.1 Å². The molecule has 0 saturated heterocycles. The fourth-order valence-electron chi connectivity index (χ4n) is 4.75. The van der Waals surface area contributed by atoms with E-state index >= 15 is 0 Å². The summed E-state index contributed by atoms with van der Waals surface area (Å²) in [5, 5.41) is 12.5. The third-order valence-electron chi connectivity index (χ3n) is 6.73. The van der Waals surface area contributed by atoms with Crippen molar-refractivity contribution in [2.75, 3.05) is 5.32 Å². The summed E-state index contributed by atoms with van der Waals surface area (Å²) in [5.41, 5.74) is 4.20. The highest BCUT2D eigenvalue weighted by molar-refractivity contribution is 6.04. The molecule has 4 aromatic carbocycles. The zero-order chi connectivity index (χ0) is 27.5. The summed E-state index contributed by atoms with van der Waals surface area (Å²) in [6, 6.07) is 28.4. The van der Waals surface area contributed by atoms with Gasteiger partial charge in [-0.25, -0.2) is 4.79 Å². The average molecular weight is 521 g/mol. The smallest absolute Gasteiger partial charge is 0.326 e. The highest BCUT2D eigenvalue weighted by Gasteiger charge is 2.38. The van der Waals surface area contributed by atoms with Crippen molar-refractivity contribution in [2.24, 2.45) is 5.92 Å². The van der Waals surface area contributed by atoms with E-state index in [0.29, 0.717) is 22.6 Å². The molecule has 196 valence electrons. The maximum absolute atomic E-state index is 13.1. The quantitative estimate of drug-likeness (QED) is 0.278. The first-order valence-electron chi connectivity index (χ1n) is 12.7. The molecule has 5 rings (SSSR count). The molecule has 0 radical (unpaired) electrons. The van der Waals surface area contributed by atoms with Crippen molar-refractivity contribution in [1.82, 2.24) is 4.90 Å². The molecule has 39 heavy (non-hydrogen) atoms. The average Bonchev–Trinajstić information content (AvgIpc) is 3.24. The maximum Gasteiger partial charge on any atom is 0.326 e. The van der Waals surface area contributed by atoms with Crippen LogP contribution in [0, 0.1) is 5.92 Å². The number of aliphatic carboxylic acids is 1. The lowest BCUT2D eigenvalue weighted by Crippen LogP contribution is -2.44. The lowest BCUT2D eigenvalue weighted by Gasteiger charge is -2.27. The molecule has 0 fully saturated rings. The van der Waals surface area contributed by atoms with E-state index in [1.807, 2.05) is 60.7 Å². The normalized spacial score (nSPS) is 13.2. The Labute approximate surface area is 226 Å². The predicted molar refractivity (Wildman–Crippen MR) is 149 cm³/mol. The van der Waals surface area contributed by atoms with Crippen LogP contribution in [0.3, 0.4) is 0 Å². The maximum atomic E-state index is 13.1. The zero-order valence-corrected chi connectivity index (χ0v) is 21.6. The van der Waals surface area contributed by atoms with Crippen LogP contribution in [0.4, 0.5) is 5.69 Å². The second-order valence-electron chi connectivity index (χ2n) is 9.80. The van der Waals surface area contributed by atoms with Gasteiger partial charge >= 0.3 is 5.97 Å². The number of nitrogens with zero attached hydrogens (tertiary/aromatic N) is 1. The number of para-hydroxylation sites is 1. The molecule has 1 heterocycles. The Morgan fingerprint density at radius 3 is 2.13 bits per heavy atom. The molecular weight excluding hydrogens is 492 g/mol. The minimum Gasteiger partial charge on any atom is -0.480 e. The highest BCUT2D eigenvalue weighted by Crippen LogP contribution is 2.32. The molecule has 1 aliphatic rings. The topological polar surface area (TPSA) is 95.9 Å². The number of amides is 2. The van der Waals surface area contributed by atoms with E-state index in [1.165, 1.54) is 4.90 Å². The van der Waals surface area contributed by atoms with Gasteiger partial charge in [0.15, 0.2) is 0 Å². The third kappa shape index (κ3) is 5.52. The monoisotopic (exact) mass is 520 g/mol. The molecule has 7 nitrogen and oxygen atoms in total. The second-order valence-corrected chi connectivity index (χ2v) is 9.80. The van der Waals surface area contributed by atoms with Crippen LogP contribution in [0.2, 0.25) is 0 Å². The Morgan fingerprint density at radius 2 is 1.49 bits per heavy atom. The summed E-state index contributed by atoms with van der Waals surface area (Å²) >= 11 is 0. The molecule has 0 bridgehead atoms. The summed E-state index contributed by atoms with van der Waals surface area (Å²) < 4.78 is 5.78. The molecule has 0 aliphatic carbocycles. The number of anilines is 1. The van der Waals surface area contributed by atoms with Gasteiger partial charge < -0.3 is 20.1 Å². The predicted octanol–water partition coefficient (Wildman–Crippen LogP) is 6.46. The van der Waals surface area contributed by atoms with Crippen molar-refractivity contribution in [3.05, 3.63) is 114 Å². The number of carbonyl (C=O) groups excluding carboxylic acids is 2. The Hall–Kier alpha value is -4.91. The van der Waals surface area contributed by atoms with E-state index < -0.39 is 12.0 Å². The molecular formula is C32H28N2O5. The number of ether oxygens (including phenoxy) is 1. The van der Waals surface area contributed by atoms with Gasteiger partial charge in [-0.3, -0.25) is 9.59 Å². The fraction of sp³-hybridized carbons (Fsp3) is 0.156. The molecule has 0 spiro atoms. The minimum atomic E-state index is -1.000. The van der Waals surface area contributed by atoms with Crippen LogP contribution in [0.5, 0.6) is 11.5 Å². The van der Waals surface area contributed by atoms with Crippen molar-refractivity contribution in [3.8, 4) is 22.6 Å². The Morgan fingerprint density at radius 1 is 0.846 bits per heavy atom. The van der Waals surface area contributed by atoms with Gasteiger partial charge in [0.25, 0.3) is 11.8 Å². The minimum absolute atomic E-state index is 0.205. The standard InChI is InChI=1S/C32H28N2O5/c1-20(2)29(32(37)38)34-19-24-9-8-23(18-28(24)31(34)36)21-10-14-25(15-11-21)33-30(35)22-12-16-27(17-13-22)39-26-6-4-3-5-7-26/h3-18,20,29H,19H2,1-2H3,(H,33,35)(H,37,38). The summed E-state index contributed by atoms with van der Waals surface area (Å²) in [6.45, 7) is 3.89. The van der Waals surface area contributed by atoms with Gasteiger partial charge in [0, 0.05) is 23.4 Å². The molecule has 1 unspecified atom stereocenters. The van der Waals surface area contributed by atoms with Crippen molar-refractivity contribution in [1.29, 1.82) is 0 Å². The van der Waals surface area contributed by atoms with Crippen LogP contribution >= 0.6 is 0 Å². The van der Waals surface area contributed by atoms with Crippen molar-refractivity contribution >= 4 is 23.5 Å². The number of fused-ring (bicyclic) bond motifs is 1. The van der Waals surface area contributed by atoms with Gasteiger partial charge in [0.2, 0.25) is 0 Å². The van der Waals surface area contributed by atoms with Gasteiger partial charge in [-0.2, -0.15) is 0 Å². The first-order valence-corrected chi connectivity index (χ1v) is 12.7. The number of hydrogen-bond donors (Lipinski definition) is 2. The lowest BCUT2D eigenvalue weighted by molar-refractivity contribution is -0.144. The van der Waals surface area contributed by atoms with Crippen LogP contribution in [0.15, 0.2) is 97.1 Å². The summed E-state index contributed by atoms with van der Waals surface area (Å²) in [7, 11) is 0. The highest BCUT2D eigenvalue weighted by atomic mass is 16.5. The Balaban J connectivity index is 1.25. The number of carbonyl (C=O) groups is 3. The first kappa shape index (κ1) is 25.7. The number of hydrogen-bond acceptors (Lipinski definition) is 4. The van der Waals surface area contributed by atoms with E-state index in [4.69, 9.17) is 4.74 Å². The Bertz CT molecular complexity index is 1510. The largest absolute Gasteiger partial charge is 0.480 e. The molecule has 2 N–H and O–H groups in total. The fourth-order valence-corrected chi connectivity index (χ4v) is 4.75. The summed E-state index contributed by atoms with van der Waals surface area (Å²) in [4.78, 5) is 39.0. The molecule has 1 atom stereocenters. The lowest BCUT2D eigenvalue weighted by atomic mass is 10.00. The van der Waals surface area contributed by atoms with E-state index in [9.17, 15) is 19.5 Å². The van der Waals surface area contributed by atoms with E-state index in [1.54, 1.807) is 50.2 Å². The van der Waals surface area contributed by atoms with Crippen LogP contribution in [-0.2, 0) is 11.3 Å². The van der Waals surface area contributed by atoms with Crippen molar-refractivity contribution < 1.29 is 24.2 Å². The molecule has 7 heteroatoms. The zero-order valence-electron chi connectivity index (χ0n) is 21.6. The molecule has 4 aromatic rings. The molecule has 1 aliphatic heterocycles. The third-order valence-corrected chi connectivity index (χ3v) is 6.73. The van der Waals surface area contributed by atoms with Gasteiger partial charge in [-0.1, -0.05) is 56.3 Å². The summed E-state index contributed by atoms with van der Waals surface area (Å²) in [5.74, 6) is -0.350. The van der Waals surface area contributed by atoms with Crippen LogP contribution in [0.25, 0.3) is 11.1 Å².